The van der Waals surface area contributed by atoms with Gasteiger partial charge in [0.2, 0.25) is 0 Å². The number of nitrogens with one attached hydrogen (secondary N) is 2. The van der Waals surface area contributed by atoms with E-state index in [1.807, 2.05) is 51.6 Å². The summed E-state index contributed by atoms with van der Waals surface area (Å²) in [7, 11) is 0. The molecule has 0 aliphatic heterocycles. The Morgan fingerprint density at radius 1 is 1.06 bits per heavy atom. The zero-order chi connectivity index (χ0) is 24.4. The molecule has 4 aromatic heterocycles. The van der Waals surface area contributed by atoms with Crippen LogP contribution >= 0.6 is 0 Å². The molecule has 0 aliphatic rings. The van der Waals surface area contributed by atoms with Gasteiger partial charge in [0.25, 0.3) is 11.8 Å². The monoisotopic (exact) mass is 463 g/mol. The summed E-state index contributed by atoms with van der Waals surface area (Å²) in [6.07, 6.45) is 6.72. The number of hydrogen-bond donors (Lipinski definition) is 2. The van der Waals surface area contributed by atoms with Gasteiger partial charge < -0.3 is 10.6 Å². The van der Waals surface area contributed by atoms with E-state index in [1.54, 1.807) is 21.6 Å². The average molecular weight is 464 g/mol. The van der Waals surface area contributed by atoms with Gasteiger partial charge >= 0.3 is 0 Å². The maximum Gasteiger partial charge on any atom is 0.273 e. The lowest BCUT2D eigenvalue weighted by molar-refractivity contribution is 0.0944. The van der Waals surface area contributed by atoms with E-state index in [0.717, 1.165) is 23.5 Å². The Morgan fingerprint density at radius 2 is 1.79 bits per heavy atom. The Morgan fingerprint density at radius 3 is 2.47 bits per heavy atom. The molecular weight excluding hydrogens is 434 g/mol. The third-order valence-electron chi connectivity index (χ3n) is 5.41. The van der Waals surface area contributed by atoms with Gasteiger partial charge in [-0.05, 0) is 32.8 Å². The van der Waals surface area contributed by atoms with Crippen LogP contribution in [0.3, 0.4) is 0 Å². The quantitative estimate of drug-likeness (QED) is 0.414. The van der Waals surface area contributed by atoms with E-state index in [2.05, 4.69) is 30.9 Å². The number of fused-ring (bicyclic) bond motifs is 1. The van der Waals surface area contributed by atoms with Crippen LogP contribution < -0.4 is 10.6 Å². The number of rotatable bonds is 8. The first-order valence-corrected chi connectivity index (χ1v) is 11.4. The minimum atomic E-state index is -0.422. The lowest BCUT2D eigenvalue weighted by atomic mass is 10.2. The first-order valence-electron chi connectivity index (χ1n) is 11.4. The summed E-state index contributed by atoms with van der Waals surface area (Å²) < 4.78 is 5.09. The molecule has 178 valence electrons. The zero-order valence-corrected chi connectivity index (χ0v) is 20.0. The molecule has 4 aromatic rings. The summed E-state index contributed by atoms with van der Waals surface area (Å²) in [4.78, 5) is 30.3. The van der Waals surface area contributed by atoms with Gasteiger partial charge in [0.05, 0.1) is 23.3 Å². The fourth-order valence-corrected chi connectivity index (χ4v) is 3.60. The molecule has 0 saturated carbocycles. The molecule has 0 aliphatic carbocycles. The number of nitrogens with zero attached hydrogens (tertiary/aromatic N) is 7. The fraction of sp³-hybridized carbons (Fsp3) is 0.391. The van der Waals surface area contributed by atoms with E-state index in [1.165, 1.54) is 6.20 Å². The van der Waals surface area contributed by atoms with Crippen molar-refractivity contribution in [1.82, 2.24) is 39.5 Å². The van der Waals surface area contributed by atoms with Crippen molar-refractivity contribution < 1.29 is 9.59 Å². The highest BCUT2D eigenvalue weighted by Gasteiger charge is 2.22. The molecule has 0 radical (unpaired) electrons. The first-order chi connectivity index (χ1) is 16.3. The smallest absolute Gasteiger partial charge is 0.273 e. The second kappa shape index (κ2) is 9.46. The Kier molecular flexibility index (Phi) is 6.44. The van der Waals surface area contributed by atoms with Crippen LogP contribution in [-0.4, -0.2) is 52.5 Å². The maximum atomic E-state index is 13.2. The van der Waals surface area contributed by atoms with E-state index in [0.29, 0.717) is 35.9 Å². The van der Waals surface area contributed by atoms with Crippen molar-refractivity contribution in [1.29, 1.82) is 0 Å². The van der Waals surface area contributed by atoms with E-state index in [4.69, 9.17) is 0 Å². The predicted octanol–water partition coefficient (Wildman–Crippen LogP) is 2.78. The van der Waals surface area contributed by atoms with Crippen LogP contribution in [0, 0.1) is 12.8 Å². The standard InChI is InChI=1S/C23H29N9O2/c1-6-30-12-17(15(5)28-30)19-8-9-24-21-16(11-26-32(19)21)22(33)27-18-13-31(7-2)29-20(18)23(34)25-10-14(3)4/h8-9,11-14H,6-7,10H2,1-5H3,(H,25,34)(H,27,33). The SMILES string of the molecule is CCn1cc(-c2ccnc3c(C(=O)Nc4cn(CC)nc4C(=O)NCC(C)C)cnn23)c(C)n1. The van der Waals surface area contributed by atoms with Gasteiger partial charge in [-0.1, -0.05) is 13.8 Å². The first kappa shape index (κ1) is 23.1. The molecule has 0 unspecified atom stereocenters. The van der Waals surface area contributed by atoms with Crippen molar-refractivity contribution in [2.24, 2.45) is 5.92 Å². The Hall–Kier alpha value is -4.02. The molecule has 2 amide bonds. The van der Waals surface area contributed by atoms with Crippen molar-refractivity contribution in [3.8, 4) is 11.3 Å². The average Bonchev–Trinajstić information content (AvgIpc) is 3.53. The number of carbonyl (C=O) groups is 2. The molecule has 4 heterocycles. The zero-order valence-electron chi connectivity index (χ0n) is 20.0. The summed E-state index contributed by atoms with van der Waals surface area (Å²) in [6, 6.07) is 1.84. The number of aryl methyl sites for hydroxylation is 3. The van der Waals surface area contributed by atoms with E-state index < -0.39 is 5.91 Å². The van der Waals surface area contributed by atoms with Crippen molar-refractivity contribution in [2.75, 3.05) is 11.9 Å². The molecule has 2 N–H and O–H groups in total. The number of aromatic nitrogens is 7. The molecular formula is C23H29N9O2. The van der Waals surface area contributed by atoms with Gasteiger partial charge in [-0.2, -0.15) is 15.3 Å². The summed E-state index contributed by atoms with van der Waals surface area (Å²) in [6.45, 7) is 11.7. The Bertz CT molecular complexity index is 1350. The van der Waals surface area contributed by atoms with Crippen LogP contribution in [-0.2, 0) is 13.1 Å². The number of hydrogen-bond acceptors (Lipinski definition) is 6. The summed E-state index contributed by atoms with van der Waals surface area (Å²) >= 11 is 0. The molecule has 0 aromatic carbocycles. The Labute approximate surface area is 197 Å². The number of carbonyl (C=O) groups excluding carboxylic acids is 2. The van der Waals surface area contributed by atoms with Gasteiger partial charge in [-0.25, -0.2) is 9.50 Å². The minimum Gasteiger partial charge on any atom is -0.350 e. The Balaban J connectivity index is 1.65. The molecule has 0 bridgehead atoms. The molecule has 11 nitrogen and oxygen atoms in total. The molecule has 0 fully saturated rings. The fourth-order valence-electron chi connectivity index (χ4n) is 3.60. The maximum absolute atomic E-state index is 13.2. The third-order valence-corrected chi connectivity index (χ3v) is 5.41. The van der Waals surface area contributed by atoms with Crippen LogP contribution in [0.25, 0.3) is 16.9 Å². The number of amides is 2. The van der Waals surface area contributed by atoms with Gasteiger partial charge in [-0.3, -0.25) is 19.0 Å². The highest BCUT2D eigenvalue weighted by molar-refractivity contribution is 6.11. The van der Waals surface area contributed by atoms with Crippen molar-refractivity contribution in [2.45, 2.75) is 47.7 Å². The molecule has 34 heavy (non-hydrogen) atoms. The topological polar surface area (TPSA) is 124 Å². The lowest BCUT2D eigenvalue weighted by Crippen LogP contribution is -2.28. The molecule has 0 spiro atoms. The van der Waals surface area contributed by atoms with Crippen LogP contribution in [0.1, 0.15) is 54.2 Å². The van der Waals surface area contributed by atoms with Gasteiger partial charge in [-0.15, -0.1) is 0 Å². The van der Waals surface area contributed by atoms with Gasteiger partial charge in [0.15, 0.2) is 11.3 Å². The minimum absolute atomic E-state index is 0.170. The van der Waals surface area contributed by atoms with Crippen molar-refractivity contribution in [3.05, 3.63) is 47.8 Å². The summed E-state index contributed by atoms with van der Waals surface area (Å²) in [5.74, 6) is -0.462. The largest absolute Gasteiger partial charge is 0.350 e. The van der Waals surface area contributed by atoms with Crippen LogP contribution in [0.2, 0.25) is 0 Å². The van der Waals surface area contributed by atoms with Crippen molar-refractivity contribution in [3.63, 3.8) is 0 Å². The normalized spacial score (nSPS) is 11.4. The third kappa shape index (κ3) is 4.41. The van der Waals surface area contributed by atoms with E-state index in [9.17, 15) is 9.59 Å². The molecule has 11 heteroatoms. The number of anilines is 1. The van der Waals surface area contributed by atoms with Gasteiger partial charge in [0.1, 0.15) is 5.56 Å². The highest BCUT2D eigenvalue weighted by Crippen LogP contribution is 2.24. The molecule has 0 atom stereocenters. The predicted molar refractivity (Wildman–Crippen MR) is 128 cm³/mol. The summed E-state index contributed by atoms with van der Waals surface area (Å²) in [5.41, 5.74) is 3.77. The molecule has 4 rings (SSSR count). The van der Waals surface area contributed by atoms with Crippen LogP contribution in [0.4, 0.5) is 5.69 Å². The van der Waals surface area contributed by atoms with Crippen molar-refractivity contribution >= 4 is 23.1 Å². The second-order valence-electron chi connectivity index (χ2n) is 8.41. The highest BCUT2D eigenvalue weighted by atomic mass is 16.2. The summed E-state index contributed by atoms with van der Waals surface area (Å²) in [5, 5.41) is 18.9. The van der Waals surface area contributed by atoms with E-state index >= 15 is 0 Å². The van der Waals surface area contributed by atoms with E-state index in [-0.39, 0.29) is 11.6 Å². The second-order valence-corrected chi connectivity index (χ2v) is 8.41. The van der Waals surface area contributed by atoms with Crippen LogP contribution in [0.15, 0.2) is 30.9 Å². The van der Waals surface area contributed by atoms with Gasteiger partial charge in [0, 0.05) is 43.8 Å². The lowest BCUT2D eigenvalue weighted by Gasteiger charge is -2.08. The molecule has 0 saturated heterocycles. The van der Waals surface area contributed by atoms with Crippen LogP contribution in [0.5, 0.6) is 0 Å².